The highest BCUT2D eigenvalue weighted by Crippen LogP contribution is 2.27. The lowest BCUT2D eigenvalue weighted by molar-refractivity contribution is 0.311. The predicted octanol–water partition coefficient (Wildman–Crippen LogP) is 3.69. The molecule has 0 radical (unpaired) electrons. The molecule has 0 spiro atoms. The molecular formula is C14H21ClN2. The van der Waals surface area contributed by atoms with Crippen molar-refractivity contribution < 1.29 is 0 Å². The highest BCUT2D eigenvalue weighted by atomic mass is 35.5. The van der Waals surface area contributed by atoms with E-state index in [1.54, 1.807) is 0 Å². The topological polar surface area (TPSA) is 16.1 Å². The maximum atomic E-state index is 5.82. The Morgan fingerprint density at radius 2 is 2.12 bits per heavy atom. The van der Waals surface area contributed by atoms with Crippen LogP contribution in [0.4, 0.5) is 5.69 Å². The Balaban J connectivity index is 2.00. The van der Waals surface area contributed by atoms with E-state index in [2.05, 4.69) is 35.9 Å². The average Bonchev–Trinajstić information content (AvgIpc) is 2.39. The third-order valence-corrected chi connectivity index (χ3v) is 4.06. The van der Waals surface area contributed by atoms with Crippen LogP contribution in [0.15, 0.2) is 18.3 Å². The van der Waals surface area contributed by atoms with Gasteiger partial charge in [0.1, 0.15) is 0 Å². The summed E-state index contributed by atoms with van der Waals surface area (Å²) in [6.45, 7) is 6.99. The van der Waals surface area contributed by atoms with Crippen LogP contribution in [-0.4, -0.2) is 18.1 Å². The van der Waals surface area contributed by atoms with Gasteiger partial charge in [0.2, 0.25) is 0 Å². The van der Waals surface area contributed by atoms with Gasteiger partial charge in [0.25, 0.3) is 0 Å². The maximum Gasteiger partial charge on any atom is 0.0648 e. The molecule has 0 atom stereocenters. The van der Waals surface area contributed by atoms with Gasteiger partial charge in [-0.1, -0.05) is 13.8 Å². The third kappa shape index (κ3) is 3.12. The minimum absolute atomic E-state index is 0.496. The number of alkyl halides is 1. The Bertz CT molecular complexity index is 357. The molecule has 0 amide bonds. The molecule has 0 bridgehead atoms. The molecule has 94 valence electrons. The average molecular weight is 253 g/mol. The van der Waals surface area contributed by atoms with E-state index in [9.17, 15) is 0 Å². The van der Waals surface area contributed by atoms with Gasteiger partial charge in [-0.05, 0) is 36.8 Å². The summed E-state index contributed by atoms with van der Waals surface area (Å²) in [6, 6.07) is 4.20. The summed E-state index contributed by atoms with van der Waals surface area (Å²) in [5.74, 6) is 2.20. The summed E-state index contributed by atoms with van der Waals surface area (Å²) in [6.07, 6.45) is 4.47. The lowest BCUT2D eigenvalue weighted by Gasteiger charge is -2.35. The first-order chi connectivity index (χ1) is 8.20. The number of pyridine rings is 1. The second-order valence-corrected chi connectivity index (χ2v) is 5.47. The van der Waals surface area contributed by atoms with Crippen LogP contribution in [0.5, 0.6) is 0 Å². The minimum atomic E-state index is 0.496. The normalized spacial score (nSPS) is 17.8. The molecule has 1 aromatic rings. The molecule has 1 aromatic heterocycles. The zero-order valence-electron chi connectivity index (χ0n) is 10.7. The first kappa shape index (κ1) is 12.7. The fourth-order valence-corrected chi connectivity index (χ4v) is 2.71. The number of nitrogens with zero attached hydrogens (tertiary/aromatic N) is 2. The van der Waals surface area contributed by atoms with Crippen molar-refractivity contribution in [2.45, 2.75) is 32.6 Å². The van der Waals surface area contributed by atoms with E-state index in [1.165, 1.54) is 18.5 Å². The molecule has 2 nitrogen and oxygen atoms in total. The van der Waals surface area contributed by atoms with Crippen molar-refractivity contribution in [2.24, 2.45) is 11.8 Å². The van der Waals surface area contributed by atoms with Gasteiger partial charge in [-0.2, -0.15) is 0 Å². The molecule has 1 aliphatic heterocycles. The number of piperidine rings is 1. The number of aromatic nitrogens is 1. The van der Waals surface area contributed by atoms with Crippen molar-refractivity contribution in [3.05, 3.63) is 24.0 Å². The fraction of sp³-hybridized carbons (Fsp3) is 0.643. The molecule has 1 fully saturated rings. The van der Waals surface area contributed by atoms with Gasteiger partial charge in [0.05, 0.1) is 11.6 Å². The van der Waals surface area contributed by atoms with Crippen LogP contribution in [0.1, 0.15) is 32.4 Å². The fourth-order valence-electron chi connectivity index (χ4n) is 2.56. The van der Waals surface area contributed by atoms with Gasteiger partial charge in [-0.15, -0.1) is 11.6 Å². The highest BCUT2D eigenvalue weighted by molar-refractivity contribution is 6.16. The number of hydrogen-bond donors (Lipinski definition) is 0. The molecular weight excluding hydrogens is 232 g/mol. The molecule has 1 aliphatic rings. The minimum Gasteiger partial charge on any atom is -0.371 e. The Morgan fingerprint density at radius 1 is 1.41 bits per heavy atom. The first-order valence-electron chi connectivity index (χ1n) is 6.46. The van der Waals surface area contributed by atoms with Crippen molar-refractivity contribution in [1.82, 2.24) is 4.98 Å². The predicted molar refractivity (Wildman–Crippen MR) is 73.6 cm³/mol. The highest BCUT2D eigenvalue weighted by Gasteiger charge is 2.21. The molecule has 0 aliphatic carbocycles. The number of halogens is 1. The van der Waals surface area contributed by atoms with Crippen molar-refractivity contribution in [1.29, 1.82) is 0 Å². The van der Waals surface area contributed by atoms with Crippen LogP contribution in [-0.2, 0) is 5.88 Å². The van der Waals surface area contributed by atoms with Gasteiger partial charge < -0.3 is 4.90 Å². The molecule has 0 N–H and O–H groups in total. The zero-order valence-corrected chi connectivity index (χ0v) is 11.5. The van der Waals surface area contributed by atoms with Crippen LogP contribution >= 0.6 is 11.6 Å². The standard InChI is InChI=1S/C14H21ClN2/c1-11(2)12-4-7-17(8-5-12)14-3-6-16-13(9-14)10-15/h3,6,9,11-12H,4-5,7-8,10H2,1-2H3. The molecule has 0 unspecified atom stereocenters. The Kier molecular flexibility index (Phi) is 4.27. The van der Waals surface area contributed by atoms with Crippen LogP contribution in [0.3, 0.4) is 0 Å². The summed E-state index contributed by atoms with van der Waals surface area (Å²) >= 11 is 5.82. The van der Waals surface area contributed by atoms with Gasteiger partial charge >= 0.3 is 0 Å². The smallest absolute Gasteiger partial charge is 0.0648 e. The zero-order chi connectivity index (χ0) is 12.3. The van der Waals surface area contributed by atoms with Gasteiger partial charge in [-0.3, -0.25) is 4.98 Å². The summed E-state index contributed by atoms with van der Waals surface area (Å²) < 4.78 is 0. The van der Waals surface area contributed by atoms with Crippen LogP contribution < -0.4 is 4.90 Å². The lowest BCUT2D eigenvalue weighted by atomic mass is 9.86. The Labute approximate surface area is 109 Å². The summed E-state index contributed by atoms with van der Waals surface area (Å²) in [4.78, 5) is 6.69. The SMILES string of the molecule is CC(C)C1CCN(c2ccnc(CCl)c2)CC1. The van der Waals surface area contributed by atoms with Crippen LogP contribution in [0.25, 0.3) is 0 Å². The Morgan fingerprint density at radius 3 is 2.71 bits per heavy atom. The van der Waals surface area contributed by atoms with E-state index in [-0.39, 0.29) is 0 Å². The molecule has 2 heterocycles. The summed E-state index contributed by atoms with van der Waals surface area (Å²) in [5, 5.41) is 0. The van der Waals surface area contributed by atoms with Gasteiger partial charge in [0.15, 0.2) is 0 Å². The number of rotatable bonds is 3. The van der Waals surface area contributed by atoms with Crippen LogP contribution in [0, 0.1) is 11.8 Å². The van der Waals surface area contributed by atoms with Gasteiger partial charge in [-0.25, -0.2) is 0 Å². The summed E-state index contributed by atoms with van der Waals surface area (Å²) in [7, 11) is 0. The second-order valence-electron chi connectivity index (χ2n) is 5.21. The maximum absolute atomic E-state index is 5.82. The van der Waals surface area contributed by atoms with E-state index in [1.807, 2.05) is 6.20 Å². The van der Waals surface area contributed by atoms with Gasteiger partial charge in [0, 0.05) is 25.0 Å². The van der Waals surface area contributed by atoms with Crippen molar-refractivity contribution in [2.75, 3.05) is 18.0 Å². The van der Waals surface area contributed by atoms with E-state index in [0.717, 1.165) is 30.6 Å². The molecule has 3 heteroatoms. The summed E-state index contributed by atoms with van der Waals surface area (Å²) in [5.41, 5.74) is 2.24. The van der Waals surface area contributed by atoms with E-state index in [0.29, 0.717) is 5.88 Å². The number of hydrogen-bond acceptors (Lipinski definition) is 2. The number of anilines is 1. The van der Waals surface area contributed by atoms with E-state index >= 15 is 0 Å². The van der Waals surface area contributed by atoms with E-state index < -0.39 is 0 Å². The van der Waals surface area contributed by atoms with E-state index in [4.69, 9.17) is 11.6 Å². The lowest BCUT2D eigenvalue weighted by Crippen LogP contribution is -2.35. The van der Waals surface area contributed by atoms with Crippen molar-refractivity contribution in [3.8, 4) is 0 Å². The van der Waals surface area contributed by atoms with Crippen molar-refractivity contribution in [3.63, 3.8) is 0 Å². The molecule has 2 rings (SSSR count). The van der Waals surface area contributed by atoms with Crippen LogP contribution in [0.2, 0.25) is 0 Å². The monoisotopic (exact) mass is 252 g/mol. The first-order valence-corrected chi connectivity index (χ1v) is 7.00. The quantitative estimate of drug-likeness (QED) is 0.763. The van der Waals surface area contributed by atoms with Crippen molar-refractivity contribution >= 4 is 17.3 Å². The second kappa shape index (κ2) is 5.72. The molecule has 0 aromatic carbocycles. The largest absolute Gasteiger partial charge is 0.371 e. The third-order valence-electron chi connectivity index (χ3n) is 3.78. The molecule has 1 saturated heterocycles. The molecule has 17 heavy (non-hydrogen) atoms. The molecule has 0 saturated carbocycles. The Hall–Kier alpha value is -0.760.